The van der Waals surface area contributed by atoms with Crippen molar-refractivity contribution in [1.29, 1.82) is 5.26 Å². The lowest BCUT2D eigenvalue weighted by molar-refractivity contribution is -0.122. The van der Waals surface area contributed by atoms with Crippen LogP contribution in [0.1, 0.15) is 37.0 Å². The third-order valence-corrected chi connectivity index (χ3v) is 3.77. The van der Waals surface area contributed by atoms with Gasteiger partial charge in [0.25, 0.3) is 0 Å². The number of nitriles is 1. The van der Waals surface area contributed by atoms with Crippen molar-refractivity contribution in [1.82, 2.24) is 0 Å². The zero-order chi connectivity index (χ0) is 14.7. The van der Waals surface area contributed by atoms with Gasteiger partial charge in [-0.2, -0.15) is 5.26 Å². The van der Waals surface area contributed by atoms with E-state index in [1.54, 1.807) is 25.1 Å². The van der Waals surface area contributed by atoms with Gasteiger partial charge in [-0.05, 0) is 31.9 Å². The van der Waals surface area contributed by atoms with Crippen LogP contribution >= 0.6 is 0 Å². The van der Waals surface area contributed by atoms with E-state index < -0.39 is 6.10 Å². The SMILES string of the molecule is C[C@@H](O)c1ccc(C#N)cc1N1CCCC(C(N)=O)C1. The summed E-state index contributed by atoms with van der Waals surface area (Å²) in [5, 5.41) is 18.9. The third kappa shape index (κ3) is 2.91. The van der Waals surface area contributed by atoms with E-state index in [1.807, 2.05) is 4.90 Å². The maximum absolute atomic E-state index is 11.4. The monoisotopic (exact) mass is 273 g/mol. The van der Waals surface area contributed by atoms with Gasteiger partial charge in [-0.1, -0.05) is 6.07 Å². The smallest absolute Gasteiger partial charge is 0.222 e. The average Bonchev–Trinajstić information content (AvgIpc) is 2.46. The number of benzene rings is 1. The Balaban J connectivity index is 2.35. The van der Waals surface area contributed by atoms with Crippen molar-refractivity contribution < 1.29 is 9.90 Å². The summed E-state index contributed by atoms with van der Waals surface area (Å²) in [6.07, 6.45) is 1.06. The Labute approximate surface area is 118 Å². The molecule has 106 valence electrons. The van der Waals surface area contributed by atoms with Crippen LogP contribution in [0, 0.1) is 17.2 Å². The predicted molar refractivity (Wildman–Crippen MR) is 75.9 cm³/mol. The number of amides is 1. The lowest BCUT2D eigenvalue weighted by atomic mass is 9.95. The van der Waals surface area contributed by atoms with E-state index in [-0.39, 0.29) is 11.8 Å². The van der Waals surface area contributed by atoms with Crippen molar-refractivity contribution in [2.75, 3.05) is 18.0 Å². The van der Waals surface area contributed by atoms with Crippen LogP contribution in [0.3, 0.4) is 0 Å². The molecule has 3 N–H and O–H groups in total. The molecule has 5 heteroatoms. The minimum absolute atomic E-state index is 0.170. The summed E-state index contributed by atoms with van der Waals surface area (Å²) in [7, 11) is 0. The minimum Gasteiger partial charge on any atom is -0.389 e. The molecule has 1 aliphatic rings. The molecule has 0 spiro atoms. The van der Waals surface area contributed by atoms with Crippen LogP contribution in [0.15, 0.2) is 18.2 Å². The molecule has 1 saturated heterocycles. The van der Waals surface area contributed by atoms with Gasteiger partial charge in [0, 0.05) is 24.3 Å². The fraction of sp³-hybridized carbons (Fsp3) is 0.467. The van der Waals surface area contributed by atoms with E-state index in [0.717, 1.165) is 30.6 Å². The van der Waals surface area contributed by atoms with Crippen LogP contribution in [0.2, 0.25) is 0 Å². The van der Waals surface area contributed by atoms with Gasteiger partial charge < -0.3 is 15.7 Å². The molecule has 1 amide bonds. The number of nitrogens with zero attached hydrogens (tertiary/aromatic N) is 2. The number of aliphatic hydroxyl groups is 1. The van der Waals surface area contributed by atoms with Crippen molar-refractivity contribution in [3.05, 3.63) is 29.3 Å². The van der Waals surface area contributed by atoms with E-state index in [4.69, 9.17) is 11.0 Å². The van der Waals surface area contributed by atoms with E-state index in [9.17, 15) is 9.90 Å². The Bertz CT molecular complexity index is 549. The molecule has 0 radical (unpaired) electrons. The Morgan fingerprint density at radius 1 is 1.60 bits per heavy atom. The second-order valence-corrected chi connectivity index (χ2v) is 5.25. The second kappa shape index (κ2) is 5.93. The molecule has 1 aliphatic heterocycles. The topological polar surface area (TPSA) is 90.3 Å². The largest absolute Gasteiger partial charge is 0.389 e. The van der Waals surface area contributed by atoms with Crippen LogP contribution in [0.25, 0.3) is 0 Å². The lowest BCUT2D eigenvalue weighted by Crippen LogP contribution is -2.41. The van der Waals surface area contributed by atoms with Crippen LogP contribution in [-0.4, -0.2) is 24.1 Å². The summed E-state index contributed by atoms with van der Waals surface area (Å²) >= 11 is 0. The normalized spacial score (nSPS) is 20.2. The standard InChI is InChI=1S/C15H19N3O2/c1-10(19)13-5-4-11(8-16)7-14(13)18-6-2-3-12(9-18)15(17)20/h4-5,7,10,12,19H,2-3,6,9H2,1H3,(H2,17,20)/t10-,12?/m1/s1. The maximum Gasteiger partial charge on any atom is 0.222 e. The molecule has 1 fully saturated rings. The number of aliphatic hydroxyl groups excluding tert-OH is 1. The van der Waals surface area contributed by atoms with Crippen LogP contribution in [0.4, 0.5) is 5.69 Å². The molecule has 5 nitrogen and oxygen atoms in total. The number of carbonyl (C=O) groups is 1. The number of carbonyl (C=O) groups excluding carboxylic acids is 1. The molecule has 0 aliphatic carbocycles. The number of primary amides is 1. The molecule has 2 atom stereocenters. The molecular weight excluding hydrogens is 254 g/mol. The number of rotatable bonds is 3. The Morgan fingerprint density at radius 3 is 2.95 bits per heavy atom. The van der Waals surface area contributed by atoms with Gasteiger partial charge in [-0.3, -0.25) is 4.79 Å². The van der Waals surface area contributed by atoms with Gasteiger partial charge >= 0.3 is 0 Å². The van der Waals surface area contributed by atoms with Gasteiger partial charge in [0.1, 0.15) is 0 Å². The first-order chi connectivity index (χ1) is 9.52. The van der Waals surface area contributed by atoms with Crippen molar-refractivity contribution in [2.24, 2.45) is 11.7 Å². The number of anilines is 1. The van der Waals surface area contributed by atoms with Crippen molar-refractivity contribution in [3.63, 3.8) is 0 Å². The van der Waals surface area contributed by atoms with E-state index in [1.165, 1.54) is 0 Å². The van der Waals surface area contributed by atoms with Crippen LogP contribution in [-0.2, 0) is 4.79 Å². The summed E-state index contributed by atoms with van der Waals surface area (Å²) in [6.45, 7) is 3.04. The summed E-state index contributed by atoms with van der Waals surface area (Å²) < 4.78 is 0. The molecule has 20 heavy (non-hydrogen) atoms. The molecule has 1 aromatic carbocycles. The molecule has 1 heterocycles. The molecular formula is C15H19N3O2. The zero-order valence-electron chi connectivity index (χ0n) is 11.5. The summed E-state index contributed by atoms with van der Waals surface area (Å²) in [6, 6.07) is 7.34. The molecule has 0 saturated carbocycles. The predicted octanol–water partition coefficient (Wildman–Crippen LogP) is 1.31. The summed E-state index contributed by atoms with van der Waals surface area (Å²) in [5.41, 5.74) is 7.54. The van der Waals surface area contributed by atoms with Gasteiger partial charge in [0.15, 0.2) is 0 Å². The summed E-state index contributed by atoms with van der Waals surface area (Å²) in [4.78, 5) is 13.4. The first-order valence-electron chi connectivity index (χ1n) is 6.79. The highest BCUT2D eigenvalue weighted by Gasteiger charge is 2.26. The van der Waals surface area contributed by atoms with Gasteiger partial charge in [0.05, 0.1) is 23.7 Å². The second-order valence-electron chi connectivity index (χ2n) is 5.25. The van der Waals surface area contributed by atoms with E-state index >= 15 is 0 Å². The lowest BCUT2D eigenvalue weighted by Gasteiger charge is -2.34. The quantitative estimate of drug-likeness (QED) is 0.868. The zero-order valence-corrected chi connectivity index (χ0v) is 11.5. The van der Waals surface area contributed by atoms with E-state index in [2.05, 4.69) is 6.07 Å². The molecule has 1 aromatic rings. The fourth-order valence-electron chi connectivity index (χ4n) is 2.67. The Morgan fingerprint density at radius 2 is 2.35 bits per heavy atom. The van der Waals surface area contributed by atoms with Gasteiger partial charge in [-0.25, -0.2) is 0 Å². The average molecular weight is 273 g/mol. The van der Waals surface area contributed by atoms with Crippen molar-refractivity contribution >= 4 is 11.6 Å². The molecule has 1 unspecified atom stereocenters. The highest BCUT2D eigenvalue weighted by molar-refractivity contribution is 5.77. The highest BCUT2D eigenvalue weighted by atomic mass is 16.3. The Hall–Kier alpha value is -2.06. The van der Waals surface area contributed by atoms with Gasteiger partial charge in [-0.15, -0.1) is 0 Å². The maximum atomic E-state index is 11.4. The molecule has 0 bridgehead atoms. The molecule has 2 rings (SSSR count). The van der Waals surface area contributed by atoms with E-state index in [0.29, 0.717) is 12.1 Å². The number of hydrogen-bond acceptors (Lipinski definition) is 4. The Kier molecular flexibility index (Phi) is 4.26. The number of piperidine rings is 1. The molecule has 0 aromatic heterocycles. The highest BCUT2D eigenvalue weighted by Crippen LogP contribution is 2.31. The first-order valence-corrected chi connectivity index (χ1v) is 6.79. The fourth-order valence-corrected chi connectivity index (χ4v) is 2.67. The third-order valence-electron chi connectivity index (χ3n) is 3.77. The number of nitrogens with two attached hydrogens (primary N) is 1. The minimum atomic E-state index is -0.619. The van der Waals surface area contributed by atoms with Crippen LogP contribution < -0.4 is 10.6 Å². The van der Waals surface area contributed by atoms with Crippen molar-refractivity contribution in [3.8, 4) is 6.07 Å². The van der Waals surface area contributed by atoms with Crippen molar-refractivity contribution in [2.45, 2.75) is 25.9 Å². The first kappa shape index (κ1) is 14.4. The van der Waals surface area contributed by atoms with Crippen LogP contribution in [0.5, 0.6) is 0 Å². The number of hydrogen-bond donors (Lipinski definition) is 2. The van der Waals surface area contributed by atoms with Gasteiger partial charge in [0.2, 0.25) is 5.91 Å². The summed E-state index contributed by atoms with van der Waals surface area (Å²) in [5.74, 6) is -0.457.